The zero-order valence-corrected chi connectivity index (χ0v) is 11.2. The first-order chi connectivity index (χ1) is 9.39. The molecule has 1 N–H and O–H groups in total. The third-order valence-electron chi connectivity index (χ3n) is 3.70. The van der Waals surface area contributed by atoms with Gasteiger partial charge in [-0.05, 0) is 25.0 Å². The number of rotatable bonds is 2. The van der Waals surface area contributed by atoms with Gasteiger partial charge in [-0.2, -0.15) is 5.26 Å². The minimum atomic E-state index is -1.30. The molecule has 2 rings (SSSR count). The van der Waals surface area contributed by atoms with E-state index in [-0.39, 0.29) is 29.8 Å². The number of benzene rings is 1. The summed E-state index contributed by atoms with van der Waals surface area (Å²) in [6.45, 7) is 0. The number of halogens is 2. The van der Waals surface area contributed by atoms with Crippen LogP contribution in [0.2, 0.25) is 5.02 Å². The SMILES string of the molecule is N#CC1(c2ccc(Cl)cc2F)CCC(=O)C(C(=O)O)C1. The van der Waals surface area contributed by atoms with Gasteiger partial charge in [0.25, 0.3) is 0 Å². The summed E-state index contributed by atoms with van der Waals surface area (Å²) in [6, 6.07) is 5.92. The quantitative estimate of drug-likeness (QED) is 0.851. The van der Waals surface area contributed by atoms with Crippen molar-refractivity contribution in [2.45, 2.75) is 24.7 Å². The number of ketones is 1. The van der Waals surface area contributed by atoms with Crippen LogP contribution in [0, 0.1) is 23.1 Å². The van der Waals surface area contributed by atoms with Gasteiger partial charge in [0.05, 0.1) is 11.5 Å². The topological polar surface area (TPSA) is 78.2 Å². The number of Topliss-reactive ketones (excluding diaryl/α,β-unsaturated/α-hetero) is 1. The van der Waals surface area contributed by atoms with E-state index in [2.05, 4.69) is 0 Å². The summed E-state index contributed by atoms with van der Waals surface area (Å²) in [7, 11) is 0. The average molecular weight is 296 g/mol. The average Bonchev–Trinajstić information content (AvgIpc) is 2.40. The smallest absolute Gasteiger partial charge is 0.314 e. The summed E-state index contributed by atoms with van der Waals surface area (Å²) in [5.41, 5.74) is -1.20. The highest BCUT2D eigenvalue weighted by Gasteiger charge is 2.46. The Hall–Kier alpha value is -1.93. The Morgan fingerprint density at radius 1 is 1.55 bits per heavy atom. The highest BCUT2D eigenvalue weighted by atomic mass is 35.5. The van der Waals surface area contributed by atoms with Crippen molar-refractivity contribution in [3.63, 3.8) is 0 Å². The zero-order chi connectivity index (χ0) is 14.9. The molecule has 0 amide bonds. The number of carbonyl (C=O) groups excluding carboxylic acids is 1. The summed E-state index contributed by atoms with van der Waals surface area (Å²) in [5, 5.41) is 18.7. The number of aliphatic carboxylic acids is 1. The molecule has 0 saturated heterocycles. The molecule has 1 aliphatic rings. The van der Waals surface area contributed by atoms with Crippen molar-refractivity contribution in [1.29, 1.82) is 5.26 Å². The van der Waals surface area contributed by atoms with Crippen molar-refractivity contribution in [3.05, 3.63) is 34.6 Å². The standard InChI is InChI=1S/C14H11ClFNO3/c15-8-1-2-10(11(16)5-8)14(7-17)4-3-12(18)9(6-14)13(19)20/h1-2,5,9H,3-4,6H2,(H,19,20). The van der Waals surface area contributed by atoms with Crippen LogP contribution < -0.4 is 0 Å². The van der Waals surface area contributed by atoms with Crippen LogP contribution in [-0.4, -0.2) is 16.9 Å². The lowest BCUT2D eigenvalue weighted by atomic mass is 9.66. The number of carbonyl (C=O) groups is 2. The lowest BCUT2D eigenvalue weighted by molar-refractivity contribution is -0.148. The Morgan fingerprint density at radius 2 is 2.25 bits per heavy atom. The molecule has 2 unspecified atom stereocenters. The van der Waals surface area contributed by atoms with Gasteiger partial charge >= 0.3 is 5.97 Å². The van der Waals surface area contributed by atoms with Crippen molar-refractivity contribution in [2.24, 2.45) is 5.92 Å². The molecule has 20 heavy (non-hydrogen) atoms. The monoisotopic (exact) mass is 295 g/mol. The molecule has 0 bridgehead atoms. The van der Waals surface area contributed by atoms with Gasteiger partial charge in [-0.25, -0.2) is 4.39 Å². The Balaban J connectivity index is 2.47. The van der Waals surface area contributed by atoms with E-state index in [1.54, 1.807) is 0 Å². The molecule has 1 saturated carbocycles. The summed E-state index contributed by atoms with van der Waals surface area (Å²) >= 11 is 5.68. The molecule has 1 aromatic carbocycles. The van der Waals surface area contributed by atoms with Gasteiger partial charge in [0.2, 0.25) is 0 Å². The molecule has 4 nitrogen and oxygen atoms in total. The lowest BCUT2D eigenvalue weighted by Gasteiger charge is -2.33. The summed E-state index contributed by atoms with van der Waals surface area (Å²) in [5.74, 6) is -3.61. The van der Waals surface area contributed by atoms with Crippen molar-refractivity contribution in [2.75, 3.05) is 0 Å². The number of nitriles is 1. The molecule has 0 radical (unpaired) electrons. The largest absolute Gasteiger partial charge is 0.481 e. The third-order valence-corrected chi connectivity index (χ3v) is 3.93. The second kappa shape index (κ2) is 5.22. The Kier molecular flexibility index (Phi) is 3.78. The van der Waals surface area contributed by atoms with Gasteiger partial charge in [-0.15, -0.1) is 0 Å². The summed E-state index contributed by atoms with van der Waals surface area (Å²) in [6.07, 6.45) is -0.145. The van der Waals surface area contributed by atoms with Crippen LogP contribution in [0.25, 0.3) is 0 Å². The predicted octanol–water partition coefficient (Wildman–Crippen LogP) is 2.69. The summed E-state index contributed by atoms with van der Waals surface area (Å²) in [4.78, 5) is 22.7. The van der Waals surface area contributed by atoms with E-state index < -0.39 is 28.9 Å². The summed E-state index contributed by atoms with van der Waals surface area (Å²) < 4.78 is 14.0. The Bertz CT molecular complexity index is 625. The Morgan fingerprint density at radius 3 is 2.80 bits per heavy atom. The molecule has 104 valence electrons. The third kappa shape index (κ3) is 2.39. The van der Waals surface area contributed by atoms with Crippen LogP contribution >= 0.6 is 11.6 Å². The maximum atomic E-state index is 14.0. The Labute approximate surface area is 119 Å². The van der Waals surface area contributed by atoms with Gasteiger partial charge in [0, 0.05) is 17.0 Å². The van der Waals surface area contributed by atoms with Crippen LogP contribution in [0.4, 0.5) is 4.39 Å². The predicted molar refractivity (Wildman–Crippen MR) is 68.7 cm³/mol. The normalized spacial score (nSPS) is 26.1. The minimum Gasteiger partial charge on any atom is -0.481 e. The zero-order valence-electron chi connectivity index (χ0n) is 10.4. The molecule has 0 heterocycles. The van der Waals surface area contributed by atoms with Gasteiger partial charge in [-0.3, -0.25) is 9.59 Å². The van der Waals surface area contributed by atoms with E-state index in [1.165, 1.54) is 12.1 Å². The van der Waals surface area contributed by atoms with E-state index in [9.17, 15) is 19.2 Å². The first-order valence-corrected chi connectivity index (χ1v) is 6.40. The lowest BCUT2D eigenvalue weighted by Crippen LogP contribution is -2.40. The fraction of sp³-hybridized carbons (Fsp3) is 0.357. The molecule has 6 heteroatoms. The molecule has 2 atom stereocenters. The second-order valence-corrected chi connectivity index (χ2v) is 5.32. The molecule has 0 spiro atoms. The fourth-order valence-corrected chi connectivity index (χ4v) is 2.74. The van der Waals surface area contributed by atoms with E-state index >= 15 is 0 Å². The number of nitrogens with zero attached hydrogens (tertiary/aromatic N) is 1. The van der Waals surface area contributed by atoms with E-state index in [0.29, 0.717) is 0 Å². The highest BCUT2D eigenvalue weighted by Crippen LogP contribution is 2.41. The number of hydrogen-bond donors (Lipinski definition) is 1. The molecular weight excluding hydrogens is 285 g/mol. The minimum absolute atomic E-state index is 0.0490. The maximum absolute atomic E-state index is 14.0. The molecule has 0 aliphatic heterocycles. The van der Waals surface area contributed by atoms with Crippen LogP contribution in [-0.2, 0) is 15.0 Å². The van der Waals surface area contributed by atoms with Crippen molar-refractivity contribution >= 4 is 23.4 Å². The van der Waals surface area contributed by atoms with Crippen LogP contribution in [0.5, 0.6) is 0 Å². The van der Waals surface area contributed by atoms with Crippen LogP contribution in [0.15, 0.2) is 18.2 Å². The van der Waals surface area contributed by atoms with E-state index in [1.807, 2.05) is 6.07 Å². The van der Waals surface area contributed by atoms with Crippen molar-refractivity contribution < 1.29 is 19.1 Å². The fourth-order valence-electron chi connectivity index (χ4n) is 2.58. The molecule has 1 aliphatic carbocycles. The second-order valence-electron chi connectivity index (χ2n) is 4.88. The maximum Gasteiger partial charge on any atom is 0.314 e. The first-order valence-electron chi connectivity index (χ1n) is 6.02. The van der Waals surface area contributed by atoms with Gasteiger partial charge in [-0.1, -0.05) is 17.7 Å². The van der Waals surface area contributed by atoms with Gasteiger partial charge in [0.1, 0.15) is 17.5 Å². The van der Waals surface area contributed by atoms with Gasteiger partial charge < -0.3 is 5.11 Å². The van der Waals surface area contributed by atoms with Crippen molar-refractivity contribution in [3.8, 4) is 6.07 Å². The van der Waals surface area contributed by atoms with E-state index in [0.717, 1.165) is 6.07 Å². The first kappa shape index (κ1) is 14.5. The molecule has 1 fully saturated rings. The molecule has 0 aromatic heterocycles. The molecule has 1 aromatic rings. The van der Waals surface area contributed by atoms with Crippen LogP contribution in [0.3, 0.4) is 0 Å². The van der Waals surface area contributed by atoms with Crippen LogP contribution in [0.1, 0.15) is 24.8 Å². The highest BCUT2D eigenvalue weighted by molar-refractivity contribution is 6.30. The van der Waals surface area contributed by atoms with E-state index in [4.69, 9.17) is 16.7 Å². The number of carboxylic acid groups (broad SMARTS) is 1. The van der Waals surface area contributed by atoms with Crippen molar-refractivity contribution in [1.82, 2.24) is 0 Å². The number of carboxylic acids is 1. The molecular formula is C14H11ClFNO3. The van der Waals surface area contributed by atoms with Gasteiger partial charge in [0.15, 0.2) is 0 Å². The number of hydrogen-bond acceptors (Lipinski definition) is 3.